The molecule has 7 nitrogen and oxygen atoms in total. The number of pyridine rings is 1. The summed E-state index contributed by atoms with van der Waals surface area (Å²) in [7, 11) is 0. The van der Waals surface area contributed by atoms with Crippen molar-refractivity contribution in [1.82, 2.24) is 10.3 Å². The molecule has 0 bridgehead atoms. The van der Waals surface area contributed by atoms with Crippen LogP contribution in [0, 0.1) is 6.92 Å². The van der Waals surface area contributed by atoms with E-state index >= 15 is 0 Å². The number of halogens is 3. The van der Waals surface area contributed by atoms with Crippen LogP contribution >= 0.6 is 11.3 Å². The lowest BCUT2D eigenvalue weighted by Gasteiger charge is -2.18. The minimum atomic E-state index is -5.08. The van der Waals surface area contributed by atoms with Crippen molar-refractivity contribution in [2.75, 3.05) is 5.32 Å². The van der Waals surface area contributed by atoms with Gasteiger partial charge in [-0.3, -0.25) is 14.6 Å². The molecule has 3 rings (SSSR count). The first-order valence-corrected chi connectivity index (χ1v) is 10.9. The highest BCUT2D eigenvalue weighted by Crippen LogP contribution is 2.13. The number of nitrogens with zero attached hydrogens (tertiary/aromatic N) is 1. The van der Waals surface area contributed by atoms with Gasteiger partial charge in [0.05, 0.1) is 6.42 Å². The molecule has 0 unspecified atom stereocenters. The number of hydrogen-bond donors (Lipinski definition) is 3. The first kappa shape index (κ1) is 26.5. The van der Waals surface area contributed by atoms with Crippen molar-refractivity contribution in [2.45, 2.75) is 32.0 Å². The number of alkyl halides is 3. The maximum Gasteiger partial charge on any atom is 0.490 e. The fourth-order valence-electron chi connectivity index (χ4n) is 2.63. The molecule has 0 aliphatic heterocycles. The van der Waals surface area contributed by atoms with Crippen molar-refractivity contribution in [3.05, 3.63) is 82.3 Å². The number of carboxylic acids is 1. The summed E-state index contributed by atoms with van der Waals surface area (Å²) in [5, 5.41) is 16.7. The lowest BCUT2D eigenvalue weighted by Crippen LogP contribution is -2.45. The van der Waals surface area contributed by atoms with Crippen LogP contribution in [0.15, 0.2) is 65.5 Å². The fourth-order valence-corrected chi connectivity index (χ4v) is 3.30. The minimum absolute atomic E-state index is 0.187. The molecule has 0 radical (unpaired) electrons. The van der Waals surface area contributed by atoms with Gasteiger partial charge >= 0.3 is 12.1 Å². The van der Waals surface area contributed by atoms with E-state index in [1.165, 1.54) is 0 Å². The van der Waals surface area contributed by atoms with Gasteiger partial charge in [-0.25, -0.2) is 4.79 Å². The van der Waals surface area contributed by atoms with E-state index in [0.717, 1.165) is 16.8 Å². The number of benzene rings is 1. The van der Waals surface area contributed by atoms with E-state index in [1.54, 1.807) is 17.5 Å². The molecule has 11 heteroatoms. The highest BCUT2D eigenvalue weighted by molar-refractivity contribution is 7.08. The molecule has 180 valence electrons. The molecule has 1 aromatic carbocycles. The zero-order valence-corrected chi connectivity index (χ0v) is 18.8. The number of aryl methyl sites for hydroxylation is 1. The quantitative estimate of drug-likeness (QED) is 0.461. The van der Waals surface area contributed by atoms with Crippen LogP contribution in [0.25, 0.3) is 0 Å². The van der Waals surface area contributed by atoms with Crippen molar-refractivity contribution < 1.29 is 32.7 Å². The van der Waals surface area contributed by atoms with Gasteiger partial charge in [0.25, 0.3) is 0 Å². The standard InChI is InChI=1S/C21H21N3O2S.C2HF3O2/c1-15-5-7-17(8-6-15)23-21(26)19(13-18-4-2-3-10-22-18)24-20(25)12-16-9-11-27-14-16;3-2(4,5)1(6)7/h2-11,14,19H,12-13H2,1H3,(H,23,26)(H,24,25);(H,6,7)/t19-;/m0./s1. The van der Waals surface area contributed by atoms with E-state index in [2.05, 4.69) is 15.6 Å². The third-order valence-corrected chi connectivity index (χ3v) is 5.03. The topological polar surface area (TPSA) is 108 Å². The van der Waals surface area contributed by atoms with Crippen molar-refractivity contribution in [3.8, 4) is 0 Å². The van der Waals surface area contributed by atoms with E-state index < -0.39 is 18.2 Å². The fraction of sp³-hybridized carbons (Fsp3) is 0.217. The van der Waals surface area contributed by atoms with Crippen LogP contribution < -0.4 is 10.6 Å². The maximum atomic E-state index is 12.8. The van der Waals surface area contributed by atoms with Crippen LogP contribution in [-0.2, 0) is 27.2 Å². The first-order valence-electron chi connectivity index (χ1n) is 9.92. The summed E-state index contributed by atoms with van der Waals surface area (Å²) in [6.45, 7) is 1.99. The number of anilines is 1. The molecular weight excluding hydrogens is 471 g/mol. The zero-order valence-electron chi connectivity index (χ0n) is 18.0. The summed E-state index contributed by atoms with van der Waals surface area (Å²) >= 11 is 1.54. The van der Waals surface area contributed by atoms with Gasteiger partial charge < -0.3 is 15.7 Å². The Balaban J connectivity index is 0.000000509. The third kappa shape index (κ3) is 9.41. The molecule has 0 fully saturated rings. The zero-order chi connectivity index (χ0) is 25.1. The second-order valence-corrected chi connectivity index (χ2v) is 7.89. The molecule has 0 saturated heterocycles. The summed E-state index contributed by atoms with van der Waals surface area (Å²) in [6, 6.07) is 14.3. The number of nitrogens with one attached hydrogen (secondary N) is 2. The number of carbonyl (C=O) groups is 3. The van der Waals surface area contributed by atoms with Gasteiger partial charge in [-0.15, -0.1) is 0 Å². The molecule has 2 aromatic heterocycles. The molecule has 2 heterocycles. The molecule has 0 aliphatic rings. The largest absolute Gasteiger partial charge is 0.490 e. The Morgan fingerprint density at radius 1 is 1.09 bits per heavy atom. The maximum absolute atomic E-state index is 12.8. The normalized spacial score (nSPS) is 11.5. The summed E-state index contributed by atoms with van der Waals surface area (Å²) in [5.41, 5.74) is 3.50. The molecule has 34 heavy (non-hydrogen) atoms. The summed E-state index contributed by atoms with van der Waals surface area (Å²) in [6.07, 6.45) is -2.83. The molecule has 0 spiro atoms. The molecular formula is C23H22F3N3O4S. The van der Waals surface area contributed by atoms with E-state index in [-0.39, 0.29) is 18.2 Å². The van der Waals surface area contributed by atoms with Crippen LogP contribution in [0.4, 0.5) is 18.9 Å². The predicted molar refractivity (Wildman–Crippen MR) is 121 cm³/mol. The van der Waals surface area contributed by atoms with Crippen molar-refractivity contribution in [1.29, 1.82) is 0 Å². The Kier molecular flexibility index (Phi) is 9.75. The van der Waals surface area contributed by atoms with Crippen LogP contribution in [0.1, 0.15) is 16.8 Å². The number of aliphatic carboxylic acids is 1. The number of rotatable bonds is 7. The van der Waals surface area contributed by atoms with Crippen LogP contribution in [0.2, 0.25) is 0 Å². The van der Waals surface area contributed by atoms with Gasteiger partial charge in [0.15, 0.2) is 0 Å². The number of aromatic nitrogens is 1. The van der Waals surface area contributed by atoms with Crippen molar-refractivity contribution >= 4 is 34.8 Å². The Morgan fingerprint density at radius 3 is 2.29 bits per heavy atom. The number of carbonyl (C=O) groups excluding carboxylic acids is 2. The Hall–Kier alpha value is -3.73. The molecule has 0 aliphatic carbocycles. The molecule has 1 atom stereocenters. The van der Waals surface area contributed by atoms with E-state index in [4.69, 9.17) is 9.90 Å². The Bertz CT molecular complexity index is 1070. The monoisotopic (exact) mass is 493 g/mol. The van der Waals surface area contributed by atoms with Gasteiger partial charge in [-0.05, 0) is 53.6 Å². The van der Waals surface area contributed by atoms with Crippen molar-refractivity contribution in [3.63, 3.8) is 0 Å². The van der Waals surface area contributed by atoms with E-state index in [0.29, 0.717) is 12.1 Å². The van der Waals surface area contributed by atoms with Gasteiger partial charge in [-0.1, -0.05) is 23.8 Å². The lowest BCUT2D eigenvalue weighted by atomic mass is 10.1. The number of carboxylic acid groups (broad SMARTS) is 1. The predicted octanol–water partition coefficient (Wildman–Crippen LogP) is 3.99. The van der Waals surface area contributed by atoms with Crippen LogP contribution in [0.5, 0.6) is 0 Å². The summed E-state index contributed by atoms with van der Waals surface area (Å²) < 4.78 is 31.7. The van der Waals surface area contributed by atoms with E-state index in [1.807, 2.05) is 66.2 Å². The number of hydrogen-bond acceptors (Lipinski definition) is 5. The Labute approximate surface area is 197 Å². The van der Waals surface area contributed by atoms with Gasteiger partial charge in [0, 0.05) is 24.0 Å². The summed E-state index contributed by atoms with van der Waals surface area (Å²) in [4.78, 5) is 38.4. The van der Waals surface area contributed by atoms with Crippen molar-refractivity contribution in [2.24, 2.45) is 0 Å². The Morgan fingerprint density at radius 2 is 1.76 bits per heavy atom. The molecule has 3 aromatic rings. The van der Waals surface area contributed by atoms with Gasteiger partial charge in [0.1, 0.15) is 6.04 Å². The molecule has 0 saturated carbocycles. The second-order valence-electron chi connectivity index (χ2n) is 7.11. The van der Waals surface area contributed by atoms with Gasteiger partial charge in [0.2, 0.25) is 11.8 Å². The average molecular weight is 494 g/mol. The molecule has 2 amide bonds. The van der Waals surface area contributed by atoms with E-state index in [9.17, 15) is 22.8 Å². The lowest BCUT2D eigenvalue weighted by molar-refractivity contribution is -0.192. The second kappa shape index (κ2) is 12.5. The average Bonchev–Trinajstić information content (AvgIpc) is 3.28. The third-order valence-electron chi connectivity index (χ3n) is 4.30. The number of thiophene rings is 1. The smallest absolute Gasteiger partial charge is 0.475 e. The van der Waals surface area contributed by atoms with Gasteiger partial charge in [-0.2, -0.15) is 24.5 Å². The number of amides is 2. The van der Waals surface area contributed by atoms with Crippen LogP contribution in [0.3, 0.4) is 0 Å². The van der Waals surface area contributed by atoms with Crippen LogP contribution in [-0.4, -0.2) is 40.1 Å². The minimum Gasteiger partial charge on any atom is -0.475 e. The first-order chi connectivity index (χ1) is 16.0. The highest BCUT2D eigenvalue weighted by Gasteiger charge is 2.38. The highest BCUT2D eigenvalue weighted by atomic mass is 32.1. The summed E-state index contributed by atoms with van der Waals surface area (Å²) in [5.74, 6) is -3.20. The molecule has 3 N–H and O–H groups in total. The SMILES string of the molecule is Cc1ccc(NC(=O)[C@H](Cc2ccccn2)NC(=O)Cc2ccsc2)cc1.O=C(O)C(F)(F)F.